The highest BCUT2D eigenvalue weighted by molar-refractivity contribution is 6.30. The minimum Gasteiger partial charge on any atom is -0.331 e. The zero-order valence-corrected chi connectivity index (χ0v) is 18.5. The third-order valence-electron chi connectivity index (χ3n) is 5.51. The minimum atomic E-state index is -0.327. The molecule has 0 bridgehead atoms. The molecule has 2 aromatic carbocycles. The number of hydrogen-bond acceptors (Lipinski definition) is 3. The molecule has 1 aliphatic heterocycles. The van der Waals surface area contributed by atoms with E-state index in [1.807, 2.05) is 0 Å². The van der Waals surface area contributed by atoms with E-state index in [2.05, 4.69) is 14.9 Å². The maximum Gasteiger partial charge on any atom is 0.274 e. The predicted molar refractivity (Wildman–Crippen MR) is 122 cm³/mol. The summed E-state index contributed by atoms with van der Waals surface area (Å²) < 4.78 is 15.5. The van der Waals surface area contributed by atoms with Crippen molar-refractivity contribution >= 4 is 29.1 Å². The molecule has 0 saturated carbocycles. The highest BCUT2D eigenvalue weighted by Gasteiger charge is 2.27. The molecule has 0 saturated heterocycles. The number of fused-ring (bicyclic) bond motifs is 1. The van der Waals surface area contributed by atoms with Gasteiger partial charge in [0.05, 0.1) is 12.2 Å². The van der Waals surface area contributed by atoms with Crippen LogP contribution in [0.25, 0.3) is 11.4 Å². The van der Waals surface area contributed by atoms with Crippen molar-refractivity contribution in [1.29, 1.82) is 0 Å². The Bertz CT molecular complexity index is 1140. The first-order valence-corrected chi connectivity index (χ1v) is 11.0. The van der Waals surface area contributed by atoms with Gasteiger partial charge in [-0.1, -0.05) is 24.1 Å². The Morgan fingerprint density at radius 2 is 1.94 bits per heavy atom. The molecule has 0 aliphatic carbocycles. The zero-order valence-electron chi connectivity index (χ0n) is 17.8. The van der Waals surface area contributed by atoms with E-state index >= 15 is 0 Å². The Hall–Kier alpha value is -3.19. The van der Waals surface area contributed by atoms with Gasteiger partial charge in [-0.05, 0) is 61.7 Å². The number of hydrogen-bond donors (Lipinski definition) is 1. The van der Waals surface area contributed by atoms with Gasteiger partial charge in [-0.25, -0.2) is 9.37 Å². The second kappa shape index (κ2) is 9.53. The Morgan fingerprint density at radius 1 is 1.16 bits per heavy atom. The summed E-state index contributed by atoms with van der Waals surface area (Å²) in [5.41, 5.74) is 2.55. The standard InChI is InChI=1S/C24H24ClFN4O2/c1-29(15-21(31)27-19-7-5-6-17(25)14-19)24(32)22-20-8-3-2-4-13-30(20)23(28-22)16-9-11-18(26)12-10-16/h5-7,9-12,14H,2-4,8,13,15H2,1H3,(H,27,31). The van der Waals surface area contributed by atoms with Gasteiger partial charge in [0.25, 0.3) is 5.91 Å². The molecule has 6 nitrogen and oxygen atoms in total. The van der Waals surface area contributed by atoms with E-state index in [1.54, 1.807) is 43.4 Å². The Balaban J connectivity index is 1.57. The van der Waals surface area contributed by atoms with Crippen molar-refractivity contribution in [3.63, 3.8) is 0 Å². The Kier molecular flexibility index (Phi) is 6.55. The van der Waals surface area contributed by atoms with Gasteiger partial charge in [0, 0.05) is 29.9 Å². The fourth-order valence-electron chi connectivity index (χ4n) is 3.95. The van der Waals surface area contributed by atoms with Crippen LogP contribution in [0.1, 0.15) is 35.4 Å². The van der Waals surface area contributed by atoms with Gasteiger partial charge in [-0.2, -0.15) is 0 Å². The number of nitrogens with zero attached hydrogens (tertiary/aromatic N) is 3. The van der Waals surface area contributed by atoms with E-state index in [0.29, 0.717) is 22.2 Å². The summed E-state index contributed by atoms with van der Waals surface area (Å²) in [7, 11) is 1.58. The van der Waals surface area contributed by atoms with Gasteiger partial charge in [-0.3, -0.25) is 9.59 Å². The number of rotatable bonds is 5. The van der Waals surface area contributed by atoms with Gasteiger partial charge in [-0.15, -0.1) is 0 Å². The van der Waals surface area contributed by atoms with Crippen molar-refractivity contribution in [3.8, 4) is 11.4 Å². The second-order valence-electron chi connectivity index (χ2n) is 7.92. The molecule has 0 spiro atoms. The number of amides is 2. The van der Waals surface area contributed by atoms with Gasteiger partial charge in [0.15, 0.2) is 0 Å². The highest BCUT2D eigenvalue weighted by Crippen LogP contribution is 2.28. The number of halogens is 2. The van der Waals surface area contributed by atoms with Crippen molar-refractivity contribution in [1.82, 2.24) is 14.5 Å². The molecule has 2 amide bonds. The highest BCUT2D eigenvalue weighted by atomic mass is 35.5. The third-order valence-corrected chi connectivity index (χ3v) is 5.74. The first-order valence-electron chi connectivity index (χ1n) is 10.6. The summed E-state index contributed by atoms with van der Waals surface area (Å²) in [6, 6.07) is 13.0. The number of nitrogens with one attached hydrogen (secondary N) is 1. The van der Waals surface area contributed by atoms with Gasteiger partial charge < -0.3 is 14.8 Å². The quantitative estimate of drug-likeness (QED) is 0.603. The van der Waals surface area contributed by atoms with Crippen LogP contribution in [0.2, 0.25) is 5.02 Å². The molecule has 32 heavy (non-hydrogen) atoms. The van der Waals surface area contributed by atoms with Crippen LogP contribution in [0.5, 0.6) is 0 Å². The lowest BCUT2D eigenvalue weighted by atomic mass is 10.1. The lowest BCUT2D eigenvalue weighted by Gasteiger charge is -2.17. The van der Waals surface area contributed by atoms with E-state index in [-0.39, 0.29) is 24.2 Å². The van der Waals surface area contributed by atoms with E-state index < -0.39 is 0 Å². The number of likely N-dealkylation sites (N-methyl/N-ethyl adjacent to an activating group) is 1. The van der Waals surface area contributed by atoms with Crippen LogP contribution in [-0.2, 0) is 17.8 Å². The lowest BCUT2D eigenvalue weighted by molar-refractivity contribution is -0.116. The second-order valence-corrected chi connectivity index (χ2v) is 8.36. The summed E-state index contributed by atoms with van der Waals surface area (Å²) in [5, 5.41) is 3.27. The Morgan fingerprint density at radius 3 is 2.69 bits per heavy atom. The first kappa shape index (κ1) is 22.0. The molecule has 0 unspecified atom stereocenters. The van der Waals surface area contributed by atoms with Crippen molar-refractivity contribution in [2.45, 2.75) is 32.2 Å². The van der Waals surface area contributed by atoms with Crippen molar-refractivity contribution in [3.05, 3.63) is 70.8 Å². The van der Waals surface area contributed by atoms with Crippen LogP contribution in [0.4, 0.5) is 10.1 Å². The molecular weight excluding hydrogens is 431 g/mol. The molecule has 2 heterocycles. The molecule has 8 heteroatoms. The molecule has 4 rings (SSSR count). The van der Waals surface area contributed by atoms with E-state index in [9.17, 15) is 14.0 Å². The summed E-state index contributed by atoms with van der Waals surface area (Å²) in [5.74, 6) is -0.308. The predicted octanol–water partition coefficient (Wildman–Crippen LogP) is 4.78. The lowest BCUT2D eigenvalue weighted by Crippen LogP contribution is -2.35. The Labute approximate surface area is 191 Å². The molecule has 0 fully saturated rings. The first-order chi connectivity index (χ1) is 15.4. The van der Waals surface area contributed by atoms with Crippen LogP contribution >= 0.6 is 11.6 Å². The van der Waals surface area contributed by atoms with Gasteiger partial charge in [0.1, 0.15) is 17.3 Å². The minimum absolute atomic E-state index is 0.121. The maximum absolute atomic E-state index is 13.4. The van der Waals surface area contributed by atoms with Crippen molar-refractivity contribution < 1.29 is 14.0 Å². The van der Waals surface area contributed by atoms with Crippen molar-refractivity contribution in [2.24, 2.45) is 0 Å². The number of carbonyl (C=O) groups is 2. The van der Waals surface area contributed by atoms with Crippen LogP contribution in [-0.4, -0.2) is 39.9 Å². The van der Waals surface area contributed by atoms with Crippen LogP contribution < -0.4 is 5.32 Å². The van der Waals surface area contributed by atoms with Crippen molar-refractivity contribution in [2.75, 3.05) is 18.9 Å². The molecule has 1 aromatic heterocycles. The fraction of sp³-hybridized carbons (Fsp3) is 0.292. The molecule has 3 aromatic rings. The van der Waals surface area contributed by atoms with Crippen LogP contribution in [0, 0.1) is 5.82 Å². The average molecular weight is 455 g/mol. The smallest absolute Gasteiger partial charge is 0.274 e. The largest absolute Gasteiger partial charge is 0.331 e. The van der Waals surface area contributed by atoms with Crippen LogP contribution in [0.15, 0.2) is 48.5 Å². The summed E-state index contributed by atoms with van der Waals surface area (Å²) in [6.07, 6.45) is 3.75. The van der Waals surface area contributed by atoms with Crippen LogP contribution in [0.3, 0.4) is 0 Å². The summed E-state index contributed by atoms with van der Waals surface area (Å²) in [4.78, 5) is 31.7. The maximum atomic E-state index is 13.4. The zero-order chi connectivity index (χ0) is 22.7. The number of aromatic nitrogens is 2. The third kappa shape index (κ3) is 4.83. The summed E-state index contributed by atoms with van der Waals surface area (Å²) >= 11 is 5.96. The van der Waals surface area contributed by atoms with E-state index in [1.165, 1.54) is 17.0 Å². The number of benzene rings is 2. The number of anilines is 1. The molecule has 0 atom stereocenters. The molecular formula is C24H24ClFN4O2. The molecule has 166 valence electrons. The van der Waals surface area contributed by atoms with Gasteiger partial charge in [0.2, 0.25) is 5.91 Å². The topological polar surface area (TPSA) is 67.2 Å². The fourth-order valence-corrected chi connectivity index (χ4v) is 4.14. The van der Waals surface area contributed by atoms with E-state index in [4.69, 9.17) is 11.6 Å². The summed E-state index contributed by atoms with van der Waals surface area (Å²) in [6.45, 7) is 0.630. The molecule has 1 N–H and O–H groups in total. The average Bonchev–Trinajstić information content (AvgIpc) is 2.94. The molecule has 1 aliphatic rings. The monoisotopic (exact) mass is 454 g/mol. The molecule has 0 radical (unpaired) electrons. The normalized spacial score (nSPS) is 13.2. The SMILES string of the molecule is CN(CC(=O)Nc1cccc(Cl)c1)C(=O)c1nc(-c2ccc(F)cc2)n2c1CCCCC2. The number of imidazole rings is 1. The van der Waals surface area contributed by atoms with Gasteiger partial charge >= 0.3 is 0 Å². The number of carbonyl (C=O) groups excluding carboxylic acids is 2. The van der Waals surface area contributed by atoms with E-state index in [0.717, 1.165) is 43.5 Å².